The van der Waals surface area contributed by atoms with Crippen molar-refractivity contribution in [2.75, 3.05) is 6.61 Å². The first kappa shape index (κ1) is 14.7. The molecule has 0 radical (unpaired) electrons. The molecule has 1 aromatic carbocycles. The summed E-state index contributed by atoms with van der Waals surface area (Å²) in [6.07, 6.45) is 3.07. The first-order valence-electron chi connectivity index (χ1n) is 5.77. The molecule has 0 saturated carbocycles. The summed E-state index contributed by atoms with van der Waals surface area (Å²) in [6, 6.07) is 7.43. The zero-order valence-corrected chi connectivity index (χ0v) is 12.0. The zero-order valence-electron chi connectivity index (χ0n) is 10.3. The fraction of sp³-hybridized carbons (Fsp3) is 0.500. The Balaban J connectivity index is 2.49. The lowest BCUT2D eigenvalue weighted by atomic mass is 10.2. The largest absolute Gasteiger partial charge is 0.424 e. The SMILES string of the molecule is CCCCCOP(O)(=S)Oc1ccccc1C. The summed E-state index contributed by atoms with van der Waals surface area (Å²) in [5.74, 6) is 0.592. The average molecular weight is 274 g/mol. The van der Waals surface area contributed by atoms with Crippen molar-refractivity contribution in [3.8, 4) is 5.75 Å². The quantitative estimate of drug-likeness (QED) is 0.606. The monoisotopic (exact) mass is 274 g/mol. The fourth-order valence-corrected chi connectivity index (χ4v) is 2.67. The van der Waals surface area contributed by atoms with Gasteiger partial charge in [-0.3, -0.25) is 4.52 Å². The number of para-hydroxylation sites is 1. The van der Waals surface area contributed by atoms with Gasteiger partial charge in [0, 0.05) is 11.8 Å². The summed E-state index contributed by atoms with van der Waals surface area (Å²) in [6.45, 7) is 1.32. The molecule has 1 aromatic rings. The van der Waals surface area contributed by atoms with Crippen LogP contribution in [0.5, 0.6) is 5.75 Å². The third-order valence-corrected chi connectivity index (χ3v) is 3.79. The molecule has 1 atom stereocenters. The third kappa shape index (κ3) is 5.64. The van der Waals surface area contributed by atoms with Crippen molar-refractivity contribution in [1.82, 2.24) is 0 Å². The van der Waals surface area contributed by atoms with Crippen molar-refractivity contribution < 1.29 is 13.9 Å². The Labute approximate surface area is 108 Å². The van der Waals surface area contributed by atoms with Gasteiger partial charge in [-0.05, 0) is 25.0 Å². The molecule has 1 rings (SSSR count). The molecule has 0 fully saturated rings. The number of rotatable bonds is 7. The molecule has 0 spiro atoms. The normalized spacial score (nSPS) is 14.3. The summed E-state index contributed by atoms with van der Waals surface area (Å²) in [5, 5.41) is 0. The lowest BCUT2D eigenvalue weighted by Crippen LogP contribution is -1.99. The Morgan fingerprint density at radius 2 is 2.00 bits per heavy atom. The molecule has 0 aliphatic rings. The molecule has 0 amide bonds. The number of unbranched alkanes of at least 4 members (excludes halogenated alkanes) is 2. The van der Waals surface area contributed by atoms with Crippen molar-refractivity contribution in [2.24, 2.45) is 0 Å². The predicted octanol–water partition coefficient (Wildman–Crippen LogP) is 3.80. The lowest BCUT2D eigenvalue weighted by molar-refractivity contribution is 0.251. The minimum atomic E-state index is -3.15. The smallest absolute Gasteiger partial charge is 0.377 e. The minimum absolute atomic E-state index is 0.452. The highest BCUT2D eigenvalue weighted by atomic mass is 32.5. The first-order valence-corrected chi connectivity index (χ1v) is 8.37. The van der Waals surface area contributed by atoms with Crippen molar-refractivity contribution >= 4 is 18.5 Å². The van der Waals surface area contributed by atoms with Gasteiger partial charge in [-0.25, -0.2) is 0 Å². The molecule has 3 nitrogen and oxygen atoms in total. The number of hydrogen-bond acceptors (Lipinski definition) is 3. The van der Waals surface area contributed by atoms with Gasteiger partial charge in [-0.15, -0.1) is 0 Å². The third-order valence-electron chi connectivity index (χ3n) is 2.31. The van der Waals surface area contributed by atoms with Gasteiger partial charge in [0.15, 0.2) is 0 Å². The predicted molar refractivity (Wildman–Crippen MR) is 73.8 cm³/mol. The molecule has 1 N–H and O–H groups in total. The van der Waals surface area contributed by atoms with Crippen LogP contribution < -0.4 is 4.52 Å². The van der Waals surface area contributed by atoms with Crippen molar-refractivity contribution in [2.45, 2.75) is 33.1 Å². The van der Waals surface area contributed by atoms with E-state index >= 15 is 0 Å². The number of aryl methyl sites for hydroxylation is 1. The van der Waals surface area contributed by atoms with Crippen LogP contribution in [0.3, 0.4) is 0 Å². The second-order valence-electron chi connectivity index (χ2n) is 3.87. The van der Waals surface area contributed by atoms with E-state index in [1.54, 1.807) is 6.07 Å². The summed E-state index contributed by atoms with van der Waals surface area (Å²) in [7, 11) is 0. The van der Waals surface area contributed by atoms with Gasteiger partial charge in [0.2, 0.25) is 0 Å². The van der Waals surface area contributed by atoms with Gasteiger partial charge in [-0.2, -0.15) is 0 Å². The molecule has 0 saturated heterocycles. The van der Waals surface area contributed by atoms with Gasteiger partial charge in [0.25, 0.3) is 0 Å². The zero-order chi connectivity index (χ0) is 12.7. The van der Waals surface area contributed by atoms with Gasteiger partial charge in [0.05, 0.1) is 6.61 Å². The minimum Gasteiger partial charge on any atom is -0.424 e. The molecular formula is C12H19O3PS. The van der Waals surface area contributed by atoms with E-state index in [2.05, 4.69) is 6.92 Å². The van der Waals surface area contributed by atoms with Crippen molar-refractivity contribution in [3.63, 3.8) is 0 Å². The highest BCUT2D eigenvalue weighted by molar-refractivity contribution is 8.07. The second kappa shape index (κ2) is 7.12. The van der Waals surface area contributed by atoms with E-state index in [4.69, 9.17) is 20.9 Å². The second-order valence-corrected chi connectivity index (χ2v) is 6.63. The molecule has 96 valence electrons. The Hall–Kier alpha value is -0.410. The van der Waals surface area contributed by atoms with Gasteiger partial charge >= 0.3 is 6.72 Å². The van der Waals surface area contributed by atoms with E-state index in [1.165, 1.54) is 0 Å². The molecule has 0 aromatic heterocycles. The fourth-order valence-electron chi connectivity index (χ4n) is 1.34. The van der Waals surface area contributed by atoms with E-state index in [9.17, 15) is 4.89 Å². The molecule has 5 heteroatoms. The summed E-state index contributed by atoms with van der Waals surface area (Å²) >= 11 is 4.96. The highest BCUT2D eigenvalue weighted by Crippen LogP contribution is 2.45. The molecule has 0 heterocycles. The van der Waals surface area contributed by atoms with Crippen LogP contribution in [0.1, 0.15) is 31.7 Å². The van der Waals surface area contributed by atoms with E-state index in [0.717, 1.165) is 24.8 Å². The molecular weight excluding hydrogens is 255 g/mol. The van der Waals surface area contributed by atoms with Crippen LogP contribution in [0, 0.1) is 6.92 Å². The Morgan fingerprint density at radius 1 is 1.29 bits per heavy atom. The Morgan fingerprint density at radius 3 is 2.65 bits per heavy atom. The van der Waals surface area contributed by atoms with Crippen LogP contribution in [-0.2, 0) is 16.3 Å². The van der Waals surface area contributed by atoms with Gasteiger partial charge < -0.3 is 9.42 Å². The van der Waals surface area contributed by atoms with E-state index in [1.807, 2.05) is 25.1 Å². The molecule has 0 bridgehead atoms. The first-order chi connectivity index (χ1) is 8.05. The van der Waals surface area contributed by atoms with Crippen molar-refractivity contribution in [1.29, 1.82) is 0 Å². The van der Waals surface area contributed by atoms with E-state index in [0.29, 0.717) is 12.4 Å². The maximum Gasteiger partial charge on any atom is 0.377 e. The van der Waals surface area contributed by atoms with Gasteiger partial charge in [0.1, 0.15) is 5.75 Å². The molecule has 0 aliphatic carbocycles. The van der Waals surface area contributed by atoms with Crippen LogP contribution in [0.15, 0.2) is 24.3 Å². The van der Waals surface area contributed by atoms with Gasteiger partial charge in [-0.1, -0.05) is 38.0 Å². The average Bonchev–Trinajstić information content (AvgIpc) is 2.28. The van der Waals surface area contributed by atoms with E-state index in [-0.39, 0.29) is 0 Å². The Bertz CT molecular complexity index is 395. The highest BCUT2D eigenvalue weighted by Gasteiger charge is 2.17. The van der Waals surface area contributed by atoms with Crippen LogP contribution in [0.25, 0.3) is 0 Å². The van der Waals surface area contributed by atoms with Crippen LogP contribution in [-0.4, -0.2) is 11.5 Å². The number of benzene rings is 1. The molecule has 1 unspecified atom stereocenters. The van der Waals surface area contributed by atoms with Crippen LogP contribution in [0.2, 0.25) is 0 Å². The van der Waals surface area contributed by atoms with Crippen LogP contribution in [0.4, 0.5) is 0 Å². The topological polar surface area (TPSA) is 38.7 Å². The summed E-state index contributed by atoms with van der Waals surface area (Å²) in [4.78, 5) is 9.87. The standard InChI is InChI=1S/C12H19O3PS/c1-3-4-7-10-14-16(13,17)15-12-9-6-5-8-11(12)2/h5-6,8-9H,3-4,7,10H2,1-2H3,(H,13,17). The molecule has 17 heavy (non-hydrogen) atoms. The summed E-state index contributed by atoms with van der Waals surface area (Å²) < 4.78 is 10.6. The molecule has 0 aliphatic heterocycles. The summed E-state index contributed by atoms with van der Waals surface area (Å²) in [5.41, 5.74) is 0.938. The Kier molecular flexibility index (Phi) is 6.14. The van der Waals surface area contributed by atoms with Crippen molar-refractivity contribution in [3.05, 3.63) is 29.8 Å². The number of hydrogen-bond donors (Lipinski definition) is 1. The lowest BCUT2D eigenvalue weighted by Gasteiger charge is -2.17. The van der Waals surface area contributed by atoms with Crippen LogP contribution >= 0.6 is 6.72 Å². The maximum atomic E-state index is 9.87. The maximum absolute atomic E-state index is 9.87. The van der Waals surface area contributed by atoms with E-state index < -0.39 is 6.72 Å².